The van der Waals surface area contributed by atoms with Gasteiger partial charge in [-0.3, -0.25) is 4.79 Å². The molecule has 22 heavy (non-hydrogen) atoms. The van der Waals surface area contributed by atoms with Crippen LogP contribution in [0.25, 0.3) is 11.5 Å². The summed E-state index contributed by atoms with van der Waals surface area (Å²) in [5.41, 5.74) is 2.76. The molecule has 0 saturated carbocycles. The number of anilines is 1. The van der Waals surface area contributed by atoms with Crippen molar-refractivity contribution < 1.29 is 9.21 Å². The van der Waals surface area contributed by atoms with E-state index >= 15 is 0 Å². The zero-order valence-corrected chi connectivity index (χ0v) is 13.3. The molecule has 1 fully saturated rings. The third kappa shape index (κ3) is 3.67. The zero-order chi connectivity index (χ0) is 14.7. The Morgan fingerprint density at radius 1 is 1.36 bits per heavy atom. The Balaban J connectivity index is 0.00000176. The molecule has 0 spiro atoms. The molecular weight excluding hydrogens is 302 g/mol. The van der Waals surface area contributed by atoms with Gasteiger partial charge in [0.25, 0.3) is 0 Å². The number of nitrogens with one attached hydrogen (secondary N) is 2. The number of piperidine rings is 1. The molecule has 2 N–H and O–H groups in total. The predicted molar refractivity (Wildman–Crippen MR) is 88.1 cm³/mol. The first-order valence-electron chi connectivity index (χ1n) is 7.26. The first-order valence-corrected chi connectivity index (χ1v) is 7.26. The molecule has 6 heteroatoms. The summed E-state index contributed by atoms with van der Waals surface area (Å²) in [7, 11) is 0. The molecule has 1 aromatic carbocycles. The van der Waals surface area contributed by atoms with Crippen molar-refractivity contribution in [3.8, 4) is 11.5 Å². The fraction of sp³-hybridized carbons (Fsp3) is 0.375. The highest BCUT2D eigenvalue weighted by molar-refractivity contribution is 5.93. The highest BCUT2D eigenvalue weighted by atomic mass is 35.5. The molecule has 118 valence electrons. The van der Waals surface area contributed by atoms with Crippen LogP contribution in [0.5, 0.6) is 0 Å². The van der Waals surface area contributed by atoms with Gasteiger partial charge in [0.2, 0.25) is 11.8 Å². The van der Waals surface area contributed by atoms with Crippen LogP contribution < -0.4 is 10.6 Å². The van der Waals surface area contributed by atoms with E-state index in [4.69, 9.17) is 4.42 Å². The third-order valence-corrected chi connectivity index (χ3v) is 3.88. The average molecular weight is 322 g/mol. The van der Waals surface area contributed by atoms with Crippen molar-refractivity contribution in [1.29, 1.82) is 0 Å². The van der Waals surface area contributed by atoms with Crippen molar-refractivity contribution in [3.05, 3.63) is 36.2 Å². The number of oxazole rings is 1. The van der Waals surface area contributed by atoms with Gasteiger partial charge in [-0.15, -0.1) is 12.4 Å². The van der Waals surface area contributed by atoms with Crippen LogP contribution in [0.2, 0.25) is 0 Å². The third-order valence-electron chi connectivity index (χ3n) is 3.88. The predicted octanol–water partition coefficient (Wildman–Crippen LogP) is 3.01. The lowest BCUT2D eigenvalue weighted by molar-refractivity contribution is -0.120. The van der Waals surface area contributed by atoms with Crippen molar-refractivity contribution in [2.45, 2.75) is 19.8 Å². The first kappa shape index (κ1) is 16.5. The molecule has 5 nitrogen and oxygen atoms in total. The SMILES string of the molecule is Cc1ccc(NC(=O)C2CCNCC2)cc1-c1ncco1.Cl. The fourth-order valence-corrected chi connectivity index (χ4v) is 2.62. The molecule has 1 aromatic heterocycles. The van der Waals surface area contributed by atoms with E-state index in [0.29, 0.717) is 5.89 Å². The summed E-state index contributed by atoms with van der Waals surface area (Å²) < 4.78 is 5.34. The van der Waals surface area contributed by atoms with Crippen LogP contribution in [-0.2, 0) is 4.79 Å². The summed E-state index contributed by atoms with van der Waals surface area (Å²) in [5, 5.41) is 6.27. The number of aryl methyl sites for hydroxylation is 1. The molecule has 0 bridgehead atoms. The normalized spacial score (nSPS) is 15.1. The minimum atomic E-state index is 0. The number of nitrogens with zero attached hydrogens (tertiary/aromatic N) is 1. The summed E-state index contributed by atoms with van der Waals surface area (Å²) in [6.45, 7) is 3.82. The van der Waals surface area contributed by atoms with Gasteiger partial charge >= 0.3 is 0 Å². The van der Waals surface area contributed by atoms with Gasteiger partial charge in [-0.1, -0.05) is 6.07 Å². The minimum Gasteiger partial charge on any atom is -0.445 e. The Bertz CT molecular complexity index is 622. The Labute approximate surface area is 135 Å². The van der Waals surface area contributed by atoms with Crippen molar-refractivity contribution in [2.24, 2.45) is 5.92 Å². The van der Waals surface area contributed by atoms with Crippen molar-refractivity contribution >= 4 is 24.0 Å². The van der Waals surface area contributed by atoms with E-state index in [2.05, 4.69) is 15.6 Å². The standard InChI is InChI=1S/C16H19N3O2.ClH/c1-11-2-3-13(10-14(11)16-18-8-9-21-16)19-15(20)12-4-6-17-7-5-12;/h2-3,8-10,12,17H,4-7H2,1H3,(H,19,20);1H. The second-order valence-electron chi connectivity index (χ2n) is 5.38. The lowest BCUT2D eigenvalue weighted by atomic mass is 9.97. The Morgan fingerprint density at radius 3 is 2.82 bits per heavy atom. The molecule has 0 aliphatic carbocycles. The summed E-state index contributed by atoms with van der Waals surface area (Å²) in [4.78, 5) is 16.4. The van der Waals surface area contributed by atoms with Crippen LogP contribution in [0, 0.1) is 12.8 Å². The topological polar surface area (TPSA) is 67.2 Å². The first-order chi connectivity index (χ1) is 10.2. The highest BCUT2D eigenvalue weighted by Gasteiger charge is 2.21. The van der Waals surface area contributed by atoms with Gasteiger partial charge < -0.3 is 15.1 Å². The number of carbonyl (C=O) groups is 1. The molecule has 0 atom stereocenters. The number of carbonyl (C=O) groups excluding carboxylic acids is 1. The monoisotopic (exact) mass is 321 g/mol. The number of rotatable bonds is 3. The molecule has 1 saturated heterocycles. The van der Waals surface area contributed by atoms with E-state index in [1.54, 1.807) is 12.5 Å². The summed E-state index contributed by atoms with van der Waals surface area (Å²) in [6.07, 6.45) is 4.96. The average Bonchev–Trinajstić information content (AvgIpc) is 3.04. The van der Waals surface area contributed by atoms with Crippen LogP contribution in [0.1, 0.15) is 18.4 Å². The molecule has 1 aliphatic heterocycles. The number of halogens is 1. The highest BCUT2D eigenvalue weighted by Crippen LogP contribution is 2.26. The van der Waals surface area contributed by atoms with Crippen molar-refractivity contribution in [1.82, 2.24) is 10.3 Å². The van der Waals surface area contributed by atoms with Crippen LogP contribution in [0.4, 0.5) is 5.69 Å². The maximum atomic E-state index is 12.3. The zero-order valence-electron chi connectivity index (χ0n) is 12.5. The van der Waals surface area contributed by atoms with E-state index in [-0.39, 0.29) is 24.2 Å². The Morgan fingerprint density at radius 2 is 2.14 bits per heavy atom. The van der Waals surface area contributed by atoms with Crippen LogP contribution in [0.3, 0.4) is 0 Å². The van der Waals surface area contributed by atoms with Crippen LogP contribution >= 0.6 is 12.4 Å². The van der Waals surface area contributed by atoms with Gasteiger partial charge in [-0.05, 0) is 50.6 Å². The second-order valence-corrected chi connectivity index (χ2v) is 5.38. The maximum absolute atomic E-state index is 12.3. The van der Waals surface area contributed by atoms with E-state index < -0.39 is 0 Å². The molecule has 1 aliphatic rings. The lowest BCUT2D eigenvalue weighted by Crippen LogP contribution is -2.34. The van der Waals surface area contributed by atoms with E-state index in [0.717, 1.165) is 42.7 Å². The summed E-state index contributed by atoms with van der Waals surface area (Å²) in [6, 6.07) is 5.80. The van der Waals surface area contributed by atoms with Gasteiger partial charge in [0.05, 0.1) is 6.20 Å². The van der Waals surface area contributed by atoms with Gasteiger partial charge in [0.15, 0.2) is 0 Å². The van der Waals surface area contributed by atoms with Gasteiger partial charge in [0.1, 0.15) is 6.26 Å². The largest absolute Gasteiger partial charge is 0.445 e. The molecule has 0 unspecified atom stereocenters. The fourth-order valence-electron chi connectivity index (χ4n) is 2.62. The molecule has 1 amide bonds. The maximum Gasteiger partial charge on any atom is 0.227 e. The molecule has 2 heterocycles. The quantitative estimate of drug-likeness (QED) is 0.912. The minimum absolute atomic E-state index is 0. The summed E-state index contributed by atoms with van der Waals surface area (Å²) >= 11 is 0. The lowest BCUT2D eigenvalue weighted by Gasteiger charge is -2.21. The Hall–Kier alpha value is -1.85. The van der Waals surface area contributed by atoms with E-state index in [1.165, 1.54) is 0 Å². The Kier molecular flexibility index (Phi) is 5.57. The van der Waals surface area contributed by atoms with Gasteiger partial charge in [-0.25, -0.2) is 4.98 Å². The second kappa shape index (κ2) is 7.42. The van der Waals surface area contributed by atoms with Gasteiger partial charge in [-0.2, -0.15) is 0 Å². The molecule has 0 radical (unpaired) electrons. The summed E-state index contributed by atoms with van der Waals surface area (Å²) in [5.74, 6) is 0.766. The number of benzene rings is 1. The van der Waals surface area contributed by atoms with Crippen LogP contribution in [-0.4, -0.2) is 24.0 Å². The molecule has 2 aromatic rings. The van der Waals surface area contributed by atoms with Gasteiger partial charge in [0, 0.05) is 17.2 Å². The van der Waals surface area contributed by atoms with Crippen molar-refractivity contribution in [2.75, 3.05) is 18.4 Å². The number of amides is 1. The molecule has 3 rings (SSSR count). The molecular formula is C16H20ClN3O2. The van der Waals surface area contributed by atoms with Crippen LogP contribution in [0.15, 0.2) is 35.1 Å². The number of hydrogen-bond donors (Lipinski definition) is 2. The van der Waals surface area contributed by atoms with Crippen molar-refractivity contribution in [3.63, 3.8) is 0 Å². The van der Waals surface area contributed by atoms with E-state index in [9.17, 15) is 4.79 Å². The van der Waals surface area contributed by atoms with E-state index in [1.807, 2.05) is 25.1 Å². The number of aromatic nitrogens is 1. The smallest absolute Gasteiger partial charge is 0.227 e. The number of hydrogen-bond acceptors (Lipinski definition) is 4.